The first-order valence-corrected chi connectivity index (χ1v) is 7.45. The van der Waals surface area contributed by atoms with Gasteiger partial charge in [-0.3, -0.25) is 9.59 Å². The van der Waals surface area contributed by atoms with E-state index in [1.54, 1.807) is 32.3 Å². The molecular weight excluding hydrogens is 306 g/mol. The standard InChI is InChI=1S/C15H20ClN3O3/c1-9-13(17-6-7-22-9)14(20)18-10-4-5-12(16)11(8-10)15(21)19(2)3/h4-5,8-9,13,17H,6-7H2,1-3H3,(H,18,20)/t9-,13+/m1/s1. The number of rotatable bonds is 3. The Morgan fingerprint density at radius 3 is 2.77 bits per heavy atom. The maximum Gasteiger partial charge on any atom is 0.254 e. The van der Waals surface area contributed by atoms with E-state index in [0.29, 0.717) is 29.4 Å². The van der Waals surface area contributed by atoms with Crippen LogP contribution < -0.4 is 10.6 Å². The van der Waals surface area contributed by atoms with E-state index in [4.69, 9.17) is 16.3 Å². The minimum atomic E-state index is -0.419. The molecule has 22 heavy (non-hydrogen) atoms. The van der Waals surface area contributed by atoms with Crippen LogP contribution in [0.3, 0.4) is 0 Å². The van der Waals surface area contributed by atoms with Crippen LogP contribution >= 0.6 is 11.6 Å². The summed E-state index contributed by atoms with van der Waals surface area (Å²) < 4.78 is 5.46. The van der Waals surface area contributed by atoms with Crippen molar-refractivity contribution in [2.75, 3.05) is 32.6 Å². The lowest BCUT2D eigenvalue weighted by Gasteiger charge is -2.29. The number of hydrogen-bond donors (Lipinski definition) is 2. The molecule has 120 valence electrons. The molecule has 0 aromatic heterocycles. The minimum Gasteiger partial charge on any atom is -0.375 e. The highest BCUT2D eigenvalue weighted by molar-refractivity contribution is 6.34. The lowest BCUT2D eigenvalue weighted by molar-refractivity contribution is -0.123. The summed E-state index contributed by atoms with van der Waals surface area (Å²) in [5, 5.41) is 6.26. The molecule has 1 aromatic carbocycles. The Kier molecular flexibility index (Phi) is 5.39. The van der Waals surface area contributed by atoms with Crippen LogP contribution in [-0.4, -0.2) is 56.1 Å². The SMILES string of the molecule is C[C@H]1OCCN[C@@H]1C(=O)Nc1ccc(Cl)c(C(=O)N(C)C)c1. The molecule has 2 rings (SSSR count). The Labute approximate surface area is 134 Å². The molecule has 1 aliphatic heterocycles. The van der Waals surface area contributed by atoms with Crippen LogP contribution in [0, 0.1) is 0 Å². The summed E-state index contributed by atoms with van der Waals surface area (Å²) in [6.45, 7) is 3.07. The normalized spacial score (nSPS) is 21.3. The molecule has 0 bridgehead atoms. The third-order valence-corrected chi connectivity index (χ3v) is 3.80. The number of halogens is 1. The van der Waals surface area contributed by atoms with Gasteiger partial charge < -0.3 is 20.3 Å². The summed E-state index contributed by atoms with van der Waals surface area (Å²) in [5.41, 5.74) is 0.879. The topological polar surface area (TPSA) is 70.7 Å². The van der Waals surface area contributed by atoms with Gasteiger partial charge in [-0.25, -0.2) is 0 Å². The van der Waals surface area contributed by atoms with E-state index in [-0.39, 0.29) is 17.9 Å². The van der Waals surface area contributed by atoms with Gasteiger partial charge in [-0.15, -0.1) is 0 Å². The van der Waals surface area contributed by atoms with Gasteiger partial charge in [0.15, 0.2) is 0 Å². The highest BCUT2D eigenvalue weighted by Gasteiger charge is 2.28. The van der Waals surface area contributed by atoms with E-state index in [2.05, 4.69) is 10.6 Å². The zero-order chi connectivity index (χ0) is 16.3. The molecule has 1 saturated heterocycles. The fourth-order valence-electron chi connectivity index (χ4n) is 2.26. The molecule has 1 aliphatic rings. The number of hydrogen-bond acceptors (Lipinski definition) is 4. The van der Waals surface area contributed by atoms with E-state index < -0.39 is 6.04 Å². The van der Waals surface area contributed by atoms with E-state index in [9.17, 15) is 9.59 Å². The van der Waals surface area contributed by atoms with Crippen LogP contribution in [0.1, 0.15) is 17.3 Å². The molecule has 2 amide bonds. The summed E-state index contributed by atoms with van der Waals surface area (Å²) in [6, 6.07) is 4.43. The lowest BCUT2D eigenvalue weighted by atomic mass is 10.1. The lowest BCUT2D eigenvalue weighted by Crippen LogP contribution is -2.53. The first-order chi connectivity index (χ1) is 10.4. The first kappa shape index (κ1) is 16.7. The Bertz CT molecular complexity index is 577. The van der Waals surface area contributed by atoms with Gasteiger partial charge in [-0.1, -0.05) is 11.6 Å². The molecule has 1 heterocycles. The van der Waals surface area contributed by atoms with E-state index >= 15 is 0 Å². The van der Waals surface area contributed by atoms with Gasteiger partial charge in [-0.05, 0) is 25.1 Å². The average Bonchev–Trinajstić information content (AvgIpc) is 2.48. The number of benzene rings is 1. The molecule has 1 fully saturated rings. The third kappa shape index (κ3) is 3.76. The Balaban J connectivity index is 2.14. The van der Waals surface area contributed by atoms with Gasteiger partial charge in [0.05, 0.1) is 23.3 Å². The van der Waals surface area contributed by atoms with Crippen molar-refractivity contribution >= 4 is 29.1 Å². The van der Waals surface area contributed by atoms with Crippen LogP contribution in [0.5, 0.6) is 0 Å². The number of nitrogens with one attached hydrogen (secondary N) is 2. The monoisotopic (exact) mass is 325 g/mol. The van der Waals surface area contributed by atoms with Crippen LogP contribution in [-0.2, 0) is 9.53 Å². The van der Waals surface area contributed by atoms with Gasteiger partial charge in [0.1, 0.15) is 6.04 Å². The van der Waals surface area contributed by atoms with Crippen molar-refractivity contribution in [3.05, 3.63) is 28.8 Å². The summed E-state index contributed by atoms with van der Waals surface area (Å²) in [6.07, 6.45) is -0.205. The van der Waals surface area contributed by atoms with E-state index in [0.717, 1.165) is 0 Å². The second kappa shape index (κ2) is 7.09. The van der Waals surface area contributed by atoms with Crippen molar-refractivity contribution in [2.45, 2.75) is 19.1 Å². The quantitative estimate of drug-likeness (QED) is 0.880. The maximum absolute atomic E-state index is 12.3. The second-order valence-corrected chi connectivity index (χ2v) is 5.80. The van der Waals surface area contributed by atoms with Gasteiger partial charge >= 0.3 is 0 Å². The Morgan fingerprint density at radius 1 is 1.41 bits per heavy atom. The largest absolute Gasteiger partial charge is 0.375 e. The average molecular weight is 326 g/mol. The summed E-state index contributed by atoms with van der Waals surface area (Å²) in [5.74, 6) is -0.411. The van der Waals surface area contributed by atoms with Crippen molar-refractivity contribution in [3.8, 4) is 0 Å². The number of ether oxygens (including phenoxy) is 1. The van der Waals surface area contributed by atoms with Crippen LogP contribution in [0.2, 0.25) is 5.02 Å². The van der Waals surface area contributed by atoms with Gasteiger partial charge in [0.2, 0.25) is 5.91 Å². The van der Waals surface area contributed by atoms with Crippen molar-refractivity contribution < 1.29 is 14.3 Å². The predicted molar refractivity (Wildman–Crippen MR) is 85.3 cm³/mol. The van der Waals surface area contributed by atoms with Crippen LogP contribution in [0.4, 0.5) is 5.69 Å². The fraction of sp³-hybridized carbons (Fsp3) is 0.467. The smallest absolute Gasteiger partial charge is 0.254 e. The van der Waals surface area contributed by atoms with E-state index in [1.165, 1.54) is 4.90 Å². The molecule has 7 heteroatoms. The second-order valence-electron chi connectivity index (χ2n) is 5.39. The van der Waals surface area contributed by atoms with Gasteiger partial charge in [0.25, 0.3) is 5.91 Å². The molecule has 2 N–H and O–H groups in total. The molecular formula is C15H20ClN3O3. The molecule has 0 saturated carbocycles. The molecule has 0 radical (unpaired) electrons. The molecule has 0 unspecified atom stereocenters. The van der Waals surface area contributed by atoms with Crippen molar-refractivity contribution in [1.29, 1.82) is 0 Å². The number of carbonyl (C=O) groups excluding carboxylic acids is 2. The van der Waals surface area contributed by atoms with Crippen molar-refractivity contribution in [3.63, 3.8) is 0 Å². The number of anilines is 1. The zero-order valence-electron chi connectivity index (χ0n) is 12.9. The predicted octanol–water partition coefficient (Wildman–Crippen LogP) is 1.36. The van der Waals surface area contributed by atoms with Gasteiger partial charge in [-0.2, -0.15) is 0 Å². The summed E-state index contributed by atoms with van der Waals surface area (Å²) >= 11 is 6.05. The number of amides is 2. The molecule has 2 atom stereocenters. The van der Waals surface area contributed by atoms with Crippen LogP contribution in [0.15, 0.2) is 18.2 Å². The first-order valence-electron chi connectivity index (χ1n) is 7.07. The molecule has 1 aromatic rings. The molecule has 0 aliphatic carbocycles. The third-order valence-electron chi connectivity index (χ3n) is 3.47. The van der Waals surface area contributed by atoms with E-state index in [1.807, 2.05) is 6.92 Å². The van der Waals surface area contributed by atoms with Crippen molar-refractivity contribution in [1.82, 2.24) is 10.2 Å². The molecule has 0 spiro atoms. The summed E-state index contributed by atoms with van der Waals surface area (Å²) in [4.78, 5) is 25.8. The number of morpholine rings is 1. The zero-order valence-corrected chi connectivity index (χ0v) is 13.6. The maximum atomic E-state index is 12.3. The highest BCUT2D eigenvalue weighted by Crippen LogP contribution is 2.22. The number of carbonyl (C=O) groups is 2. The Morgan fingerprint density at radius 2 is 2.14 bits per heavy atom. The van der Waals surface area contributed by atoms with Gasteiger partial charge in [0, 0.05) is 26.3 Å². The fourth-order valence-corrected chi connectivity index (χ4v) is 2.45. The minimum absolute atomic E-state index is 0.197. The molecule has 6 nitrogen and oxygen atoms in total. The highest BCUT2D eigenvalue weighted by atomic mass is 35.5. The Hall–Kier alpha value is -1.63. The number of nitrogens with zero attached hydrogens (tertiary/aromatic N) is 1. The van der Waals surface area contributed by atoms with Crippen LogP contribution in [0.25, 0.3) is 0 Å². The summed E-state index contributed by atoms with van der Waals surface area (Å²) in [7, 11) is 3.30. The van der Waals surface area contributed by atoms with Crippen molar-refractivity contribution in [2.24, 2.45) is 0 Å².